The summed E-state index contributed by atoms with van der Waals surface area (Å²) >= 11 is 0. The van der Waals surface area contributed by atoms with Crippen LogP contribution in [-0.2, 0) is 16.0 Å². The van der Waals surface area contributed by atoms with Gasteiger partial charge in [-0.3, -0.25) is 10.1 Å². The predicted octanol–water partition coefficient (Wildman–Crippen LogP) is 2.68. The van der Waals surface area contributed by atoms with Gasteiger partial charge in [0.1, 0.15) is 6.33 Å². The fraction of sp³-hybridized carbons (Fsp3) is 0.550. The van der Waals surface area contributed by atoms with Gasteiger partial charge in [-0.1, -0.05) is 18.2 Å². The standard InChI is InChI=1S/C20H30N6O2.HI/c1-21-20(26-9-7-18(8-10-26)28-12-4-11-27-2)22-14-16-5-3-6-17(13-16)19-23-15-24-25-19;/h3,5-6,13,15,18H,4,7-12,14H2,1-2H3,(H,21,22)(H,23,24,25);1H. The molecule has 3 rings (SSSR count). The van der Waals surface area contributed by atoms with Gasteiger partial charge >= 0.3 is 0 Å². The lowest BCUT2D eigenvalue weighted by Crippen LogP contribution is -2.46. The smallest absolute Gasteiger partial charge is 0.193 e. The molecule has 160 valence electrons. The monoisotopic (exact) mass is 514 g/mol. The van der Waals surface area contributed by atoms with Crippen LogP contribution in [0.2, 0.25) is 0 Å². The summed E-state index contributed by atoms with van der Waals surface area (Å²) in [6.07, 6.45) is 4.86. The number of hydrogen-bond acceptors (Lipinski definition) is 5. The lowest BCUT2D eigenvalue weighted by molar-refractivity contribution is 0.00989. The lowest BCUT2D eigenvalue weighted by Gasteiger charge is -2.34. The molecule has 8 nitrogen and oxygen atoms in total. The summed E-state index contributed by atoms with van der Waals surface area (Å²) < 4.78 is 11.0. The number of aromatic nitrogens is 3. The van der Waals surface area contributed by atoms with Crippen LogP contribution >= 0.6 is 24.0 Å². The second kappa shape index (κ2) is 12.8. The van der Waals surface area contributed by atoms with Crippen LogP contribution in [-0.4, -0.2) is 72.6 Å². The molecule has 1 saturated heterocycles. The highest BCUT2D eigenvalue weighted by atomic mass is 127. The summed E-state index contributed by atoms with van der Waals surface area (Å²) in [4.78, 5) is 11.0. The molecule has 0 amide bonds. The van der Waals surface area contributed by atoms with Gasteiger partial charge in [0.05, 0.1) is 6.10 Å². The van der Waals surface area contributed by atoms with Gasteiger partial charge in [0.15, 0.2) is 11.8 Å². The van der Waals surface area contributed by atoms with Crippen LogP contribution in [0.25, 0.3) is 11.4 Å². The molecule has 1 aliphatic heterocycles. The molecule has 29 heavy (non-hydrogen) atoms. The molecule has 0 radical (unpaired) electrons. The van der Waals surface area contributed by atoms with Crippen molar-refractivity contribution in [3.8, 4) is 11.4 Å². The quantitative estimate of drug-likeness (QED) is 0.244. The Labute approximate surface area is 189 Å². The van der Waals surface area contributed by atoms with E-state index < -0.39 is 0 Å². The van der Waals surface area contributed by atoms with E-state index >= 15 is 0 Å². The molecule has 0 spiro atoms. The van der Waals surface area contributed by atoms with Gasteiger partial charge in [0.2, 0.25) is 0 Å². The number of nitrogens with zero attached hydrogens (tertiary/aromatic N) is 4. The number of piperidine rings is 1. The number of benzene rings is 1. The molecule has 1 aromatic carbocycles. The first-order valence-corrected chi connectivity index (χ1v) is 9.81. The number of methoxy groups -OCH3 is 1. The Balaban J connectivity index is 0.00000300. The van der Waals surface area contributed by atoms with Crippen molar-refractivity contribution in [2.45, 2.75) is 31.9 Å². The number of nitrogens with one attached hydrogen (secondary N) is 2. The zero-order valence-electron chi connectivity index (χ0n) is 17.1. The van der Waals surface area contributed by atoms with Crippen molar-refractivity contribution in [3.63, 3.8) is 0 Å². The molecule has 0 bridgehead atoms. The van der Waals surface area contributed by atoms with E-state index in [1.165, 1.54) is 11.9 Å². The van der Waals surface area contributed by atoms with E-state index in [-0.39, 0.29) is 24.0 Å². The molecular weight excluding hydrogens is 483 g/mol. The van der Waals surface area contributed by atoms with E-state index in [4.69, 9.17) is 9.47 Å². The Morgan fingerprint density at radius 1 is 1.31 bits per heavy atom. The van der Waals surface area contributed by atoms with Crippen LogP contribution in [0.5, 0.6) is 0 Å². The molecule has 1 aliphatic rings. The summed E-state index contributed by atoms with van der Waals surface area (Å²) in [6.45, 7) is 4.14. The summed E-state index contributed by atoms with van der Waals surface area (Å²) in [7, 11) is 3.56. The third-order valence-corrected chi connectivity index (χ3v) is 4.87. The Morgan fingerprint density at radius 2 is 2.14 bits per heavy atom. The number of hydrogen-bond donors (Lipinski definition) is 2. The highest BCUT2D eigenvalue weighted by molar-refractivity contribution is 14.0. The first-order chi connectivity index (χ1) is 13.8. The van der Waals surface area contributed by atoms with Gasteiger partial charge in [-0.05, 0) is 30.9 Å². The Kier molecular flexibility index (Phi) is 10.4. The van der Waals surface area contributed by atoms with Crippen LogP contribution in [0.15, 0.2) is 35.6 Å². The molecule has 2 aromatic rings. The Morgan fingerprint density at radius 3 is 2.83 bits per heavy atom. The maximum absolute atomic E-state index is 5.94. The second-order valence-corrected chi connectivity index (χ2v) is 6.84. The van der Waals surface area contributed by atoms with Crippen molar-refractivity contribution in [1.82, 2.24) is 25.4 Å². The minimum Gasteiger partial charge on any atom is -0.385 e. The zero-order valence-corrected chi connectivity index (χ0v) is 19.5. The number of halogens is 1. The fourth-order valence-corrected chi connectivity index (χ4v) is 3.37. The van der Waals surface area contributed by atoms with Crippen molar-refractivity contribution in [2.75, 3.05) is 40.5 Å². The average Bonchev–Trinajstić information content (AvgIpc) is 3.28. The van der Waals surface area contributed by atoms with Crippen LogP contribution in [0.3, 0.4) is 0 Å². The minimum absolute atomic E-state index is 0. The van der Waals surface area contributed by atoms with E-state index in [1.54, 1.807) is 7.11 Å². The zero-order chi connectivity index (χ0) is 19.6. The Bertz CT molecular complexity index is 732. The van der Waals surface area contributed by atoms with Crippen LogP contribution in [0.4, 0.5) is 0 Å². The number of aromatic amines is 1. The van der Waals surface area contributed by atoms with E-state index in [9.17, 15) is 0 Å². The van der Waals surface area contributed by atoms with Crippen LogP contribution in [0.1, 0.15) is 24.8 Å². The lowest BCUT2D eigenvalue weighted by atomic mass is 10.1. The van der Waals surface area contributed by atoms with Gasteiger partial charge in [0, 0.05) is 52.6 Å². The molecule has 9 heteroatoms. The van der Waals surface area contributed by atoms with Gasteiger partial charge in [-0.15, -0.1) is 24.0 Å². The summed E-state index contributed by atoms with van der Waals surface area (Å²) in [6, 6.07) is 8.27. The normalized spacial score (nSPS) is 15.2. The molecule has 1 fully saturated rings. The van der Waals surface area contributed by atoms with Crippen LogP contribution in [0, 0.1) is 0 Å². The van der Waals surface area contributed by atoms with Gasteiger partial charge in [-0.25, -0.2) is 4.98 Å². The van der Waals surface area contributed by atoms with Crippen molar-refractivity contribution in [3.05, 3.63) is 36.2 Å². The molecule has 0 unspecified atom stereocenters. The van der Waals surface area contributed by atoms with Crippen molar-refractivity contribution in [2.24, 2.45) is 4.99 Å². The molecular formula is C20H31IN6O2. The third kappa shape index (κ3) is 7.23. The molecule has 2 N–H and O–H groups in total. The van der Waals surface area contributed by atoms with Gasteiger partial charge < -0.3 is 19.7 Å². The SMILES string of the molecule is CN=C(NCc1cccc(-c2ncn[nH]2)c1)N1CCC(OCCCOC)CC1.I. The molecule has 2 heterocycles. The minimum atomic E-state index is 0. The average molecular weight is 514 g/mol. The van der Waals surface area contributed by atoms with Crippen molar-refractivity contribution in [1.29, 1.82) is 0 Å². The number of guanidine groups is 1. The van der Waals surface area contributed by atoms with Gasteiger partial charge in [0.25, 0.3) is 0 Å². The first kappa shape index (κ1) is 23.6. The van der Waals surface area contributed by atoms with E-state index in [2.05, 4.69) is 42.5 Å². The number of rotatable bonds is 8. The topological polar surface area (TPSA) is 87.7 Å². The highest BCUT2D eigenvalue weighted by Gasteiger charge is 2.21. The maximum Gasteiger partial charge on any atom is 0.193 e. The van der Waals surface area contributed by atoms with E-state index in [0.717, 1.165) is 62.9 Å². The number of H-pyrrole nitrogens is 1. The van der Waals surface area contributed by atoms with E-state index in [0.29, 0.717) is 12.6 Å². The largest absolute Gasteiger partial charge is 0.385 e. The summed E-state index contributed by atoms with van der Waals surface area (Å²) in [5.74, 6) is 1.71. The summed E-state index contributed by atoms with van der Waals surface area (Å²) in [5.41, 5.74) is 2.20. The fourth-order valence-electron chi connectivity index (χ4n) is 3.37. The number of aliphatic imine (C=N–C) groups is 1. The summed E-state index contributed by atoms with van der Waals surface area (Å²) in [5, 5.41) is 10.3. The second-order valence-electron chi connectivity index (χ2n) is 6.84. The molecule has 0 saturated carbocycles. The molecule has 1 aromatic heterocycles. The van der Waals surface area contributed by atoms with Crippen molar-refractivity contribution >= 4 is 29.9 Å². The number of ether oxygens (including phenoxy) is 2. The maximum atomic E-state index is 5.94. The Hall–Kier alpha value is -1.72. The number of likely N-dealkylation sites (tertiary alicyclic amines) is 1. The molecule has 0 atom stereocenters. The van der Waals surface area contributed by atoms with E-state index in [1.807, 2.05) is 19.2 Å². The molecule has 0 aliphatic carbocycles. The first-order valence-electron chi connectivity index (χ1n) is 9.81. The van der Waals surface area contributed by atoms with Crippen molar-refractivity contribution < 1.29 is 9.47 Å². The van der Waals surface area contributed by atoms with Gasteiger partial charge in [-0.2, -0.15) is 5.10 Å². The predicted molar refractivity (Wildman–Crippen MR) is 124 cm³/mol. The van der Waals surface area contributed by atoms with Crippen LogP contribution < -0.4 is 5.32 Å². The third-order valence-electron chi connectivity index (χ3n) is 4.87. The highest BCUT2D eigenvalue weighted by Crippen LogP contribution is 2.16.